The van der Waals surface area contributed by atoms with Crippen LogP contribution in [-0.2, 0) is 14.6 Å². The number of anilines is 1. The van der Waals surface area contributed by atoms with Crippen LogP contribution in [0.15, 0.2) is 52.3 Å². The highest BCUT2D eigenvalue weighted by molar-refractivity contribution is 7.91. The van der Waals surface area contributed by atoms with Crippen molar-refractivity contribution < 1.29 is 13.2 Å². The van der Waals surface area contributed by atoms with Gasteiger partial charge in [-0.05, 0) is 43.3 Å². The van der Waals surface area contributed by atoms with E-state index in [1.165, 1.54) is 43.3 Å². The second-order valence-corrected chi connectivity index (χ2v) is 7.65. The Bertz CT molecular complexity index is 852. The third-order valence-corrected chi connectivity index (χ3v) is 5.51. The zero-order valence-electron chi connectivity index (χ0n) is 12.1. The highest BCUT2D eigenvalue weighted by atomic mass is 35.5. The Labute approximate surface area is 144 Å². The van der Waals surface area contributed by atoms with E-state index >= 15 is 0 Å². The van der Waals surface area contributed by atoms with E-state index in [9.17, 15) is 13.2 Å². The van der Waals surface area contributed by atoms with Gasteiger partial charge >= 0.3 is 0 Å². The number of carbonyl (C=O) groups excluding carboxylic acids is 1. The number of carbonyl (C=O) groups is 1. The van der Waals surface area contributed by atoms with E-state index in [1.807, 2.05) is 0 Å². The van der Waals surface area contributed by atoms with Crippen LogP contribution < -0.4 is 11.1 Å². The molecule has 0 fully saturated rings. The summed E-state index contributed by atoms with van der Waals surface area (Å²) >= 11 is 11.7. The van der Waals surface area contributed by atoms with E-state index in [0.717, 1.165) is 0 Å². The Morgan fingerprint density at radius 1 is 1.09 bits per heavy atom. The molecule has 0 radical (unpaired) electrons. The number of hydrogen-bond donors (Lipinski definition) is 2. The van der Waals surface area contributed by atoms with Crippen molar-refractivity contribution in [1.82, 2.24) is 0 Å². The maximum absolute atomic E-state index is 12.6. The van der Waals surface area contributed by atoms with Crippen LogP contribution in [0.5, 0.6) is 0 Å². The number of nitrogens with two attached hydrogens (primary N) is 1. The minimum Gasteiger partial charge on any atom is -0.325 e. The fourth-order valence-corrected chi connectivity index (χ4v) is 3.47. The smallest absolute Gasteiger partial charge is 0.240 e. The van der Waals surface area contributed by atoms with E-state index in [2.05, 4.69) is 5.32 Å². The molecule has 1 amide bonds. The van der Waals surface area contributed by atoms with E-state index in [4.69, 9.17) is 28.9 Å². The maximum atomic E-state index is 12.6. The third kappa shape index (κ3) is 4.03. The van der Waals surface area contributed by atoms with Gasteiger partial charge < -0.3 is 11.1 Å². The van der Waals surface area contributed by atoms with Crippen molar-refractivity contribution in [2.45, 2.75) is 22.8 Å². The lowest BCUT2D eigenvalue weighted by molar-refractivity contribution is -0.117. The van der Waals surface area contributed by atoms with Gasteiger partial charge in [0.05, 0.1) is 25.9 Å². The van der Waals surface area contributed by atoms with Crippen molar-refractivity contribution in [1.29, 1.82) is 0 Å². The quantitative estimate of drug-likeness (QED) is 0.862. The molecule has 0 aromatic heterocycles. The Morgan fingerprint density at radius 3 is 2.35 bits per heavy atom. The molecular formula is C15H14Cl2N2O3S. The molecule has 0 saturated heterocycles. The molecule has 0 aliphatic heterocycles. The molecule has 0 heterocycles. The summed E-state index contributed by atoms with van der Waals surface area (Å²) in [4.78, 5) is 11.7. The molecule has 122 valence electrons. The van der Waals surface area contributed by atoms with Gasteiger partial charge in [0.15, 0.2) is 0 Å². The predicted molar refractivity (Wildman–Crippen MR) is 90.6 cm³/mol. The Hall–Kier alpha value is -1.60. The summed E-state index contributed by atoms with van der Waals surface area (Å²) in [5.74, 6) is -0.408. The minimum atomic E-state index is -3.78. The summed E-state index contributed by atoms with van der Waals surface area (Å²) in [6.45, 7) is 1.53. The van der Waals surface area contributed by atoms with Gasteiger partial charge in [-0.25, -0.2) is 8.42 Å². The first kappa shape index (κ1) is 17.7. The molecule has 5 nitrogen and oxygen atoms in total. The zero-order chi connectivity index (χ0) is 17.2. The van der Waals surface area contributed by atoms with Crippen molar-refractivity contribution in [3.63, 3.8) is 0 Å². The Morgan fingerprint density at radius 2 is 1.74 bits per heavy atom. The molecule has 1 atom stereocenters. The Kier molecular flexibility index (Phi) is 5.31. The highest BCUT2D eigenvalue weighted by Crippen LogP contribution is 2.29. The molecular weight excluding hydrogens is 359 g/mol. The van der Waals surface area contributed by atoms with E-state index in [0.29, 0.717) is 5.69 Å². The molecule has 3 N–H and O–H groups in total. The Balaban J connectivity index is 2.40. The van der Waals surface area contributed by atoms with Crippen LogP contribution in [0.3, 0.4) is 0 Å². The first-order valence-electron chi connectivity index (χ1n) is 6.58. The first-order chi connectivity index (χ1) is 10.7. The molecule has 0 spiro atoms. The number of rotatable bonds is 4. The molecule has 2 aromatic rings. The van der Waals surface area contributed by atoms with Gasteiger partial charge in [0.1, 0.15) is 0 Å². The van der Waals surface area contributed by atoms with E-state index < -0.39 is 21.8 Å². The third-order valence-electron chi connectivity index (χ3n) is 3.03. The van der Waals surface area contributed by atoms with Crippen molar-refractivity contribution in [2.24, 2.45) is 5.73 Å². The summed E-state index contributed by atoms with van der Waals surface area (Å²) in [6.07, 6.45) is 0. The number of hydrogen-bond acceptors (Lipinski definition) is 4. The van der Waals surface area contributed by atoms with E-state index in [-0.39, 0.29) is 19.8 Å². The molecule has 2 aromatic carbocycles. The largest absolute Gasteiger partial charge is 0.325 e. The minimum absolute atomic E-state index is 0.0163. The first-order valence-corrected chi connectivity index (χ1v) is 8.82. The lowest BCUT2D eigenvalue weighted by Crippen LogP contribution is -2.32. The molecule has 23 heavy (non-hydrogen) atoms. The summed E-state index contributed by atoms with van der Waals surface area (Å²) in [5.41, 5.74) is 5.81. The second kappa shape index (κ2) is 6.88. The summed E-state index contributed by atoms with van der Waals surface area (Å²) in [5, 5.41) is 2.96. The van der Waals surface area contributed by atoms with Gasteiger partial charge in [-0.1, -0.05) is 29.3 Å². The molecule has 0 aliphatic carbocycles. The van der Waals surface area contributed by atoms with Crippen LogP contribution >= 0.6 is 23.2 Å². The van der Waals surface area contributed by atoms with E-state index in [1.54, 1.807) is 6.07 Å². The number of halogens is 2. The fraction of sp³-hybridized carbons (Fsp3) is 0.133. The lowest BCUT2D eigenvalue weighted by atomic mass is 10.3. The van der Waals surface area contributed by atoms with Gasteiger partial charge in [0.2, 0.25) is 15.7 Å². The van der Waals surface area contributed by atoms with Crippen LogP contribution in [-0.4, -0.2) is 20.4 Å². The number of sulfone groups is 1. The van der Waals surface area contributed by atoms with Crippen LogP contribution in [0.4, 0.5) is 5.69 Å². The van der Waals surface area contributed by atoms with Gasteiger partial charge in [-0.3, -0.25) is 4.79 Å². The normalized spacial score (nSPS) is 12.7. The van der Waals surface area contributed by atoms with Gasteiger partial charge in [0, 0.05) is 5.69 Å². The van der Waals surface area contributed by atoms with Gasteiger partial charge in [-0.15, -0.1) is 0 Å². The average Bonchev–Trinajstić information content (AvgIpc) is 2.50. The van der Waals surface area contributed by atoms with Crippen molar-refractivity contribution in [2.75, 3.05) is 5.32 Å². The molecule has 1 unspecified atom stereocenters. The monoisotopic (exact) mass is 372 g/mol. The summed E-state index contributed by atoms with van der Waals surface area (Å²) in [7, 11) is -3.78. The van der Waals surface area contributed by atoms with Crippen molar-refractivity contribution in [3.8, 4) is 0 Å². The van der Waals surface area contributed by atoms with Crippen LogP contribution in [0.25, 0.3) is 0 Å². The van der Waals surface area contributed by atoms with Crippen molar-refractivity contribution in [3.05, 3.63) is 52.5 Å². The predicted octanol–water partition coefficient (Wildman–Crippen LogP) is 3.11. The van der Waals surface area contributed by atoms with Gasteiger partial charge in [0.25, 0.3) is 0 Å². The average molecular weight is 373 g/mol. The SMILES string of the molecule is CC(N)C(=O)Nc1cccc(S(=O)(=O)c2ccc(Cl)c(Cl)c2)c1. The van der Waals surface area contributed by atoms with Crippen LogP contribution in [0.2, 0.25) is 10.0 Å². The number of nitrogens with one attached hydrogen (secondary N) is 1. The summed E-state index contributed by atoms with van der Waals surface area (Å²) < 4.78 is 25.3. The topological polar surface area (TPSA) is 89.3 Å². The standard InChI is InChI=1S/C15H14Cl2N2O3S/c1-9(18)15(20)19-10-3-2-4-11(7-10)23(21,22)12-5-6-13(16)14(17)8-12/h2-9H,18H2,1H3,(H,19,20). The number of amides is 1. The summed E-state index contributed by atoms with van der Waals surface area (Å²) in [6, 6.07) is 9.26. The molecule has 0 bridgehead atoms. The molecule has 0 aliphatic rings. The number of benzene rings is 2. The lowest BCUT2D eigenvalue weighted by Gasteiger charge is -2.10. The fourth-order valence-electron chi connectivity index (χ4n) is 1.78. The van der Waals surface area contributed by atoms with Gasteiger partial charge in [-0.2, -0.15) is 0 Å². The molecule has 0 saturated carbocycles. The van der Waals surface area contributed by atoms with Crippen molar-refractivity contribution >= 4 is 44.6 Å². The maximum Gasteiger partial charge on any atom is 0.240 e. The molecule has 2 rings (SSSR count). The molecule has 8 heteroatoms. The second-order valence-electron chi connectivity index (χ2n) is 4.89. The van der Waals surface area contributed by atoms with Crippen LogP contribution in [0.1, 0.15) is 6.92 Å². The highest BCUT2D eigenvalue weighted by Gasteiger charge is 2.19. The van der Waals surface area contributed by atoms with Crippen LogP contribution in [0, 0.1) is 0 Å². The zero-order valence-corrected chi connectivity index (χ0v) is 14.4.